The lowest BCUT2D eigenvalue weighted by Crippen LogP contribution is -2.43. The first kappa shape index (κ1) is 17.0. The standard InChI is InChI=1S/C14H18BrF3N2S/c1-2-11(19)13(12-7-10(15)8-21-12)20-5-3-9(4-6-20)14(16,17)18/h3,7-8,11,13H,2,4-6,19H2,1H3. The van der Waals surface area contributed by atoms with Gasteiger partial charge in [0.1, 0.15) is 0 Å². The number of rotatable bonds is 4. The minimum absolute atomic E-state index is 0.0302. The normalized spacial score (nSPS) is 20.2. The van der Waals surface area contributed by atoms with Gasteiger partial charge in [-0.25, -0.2) is 0 Å². The summed E-state index contributed by atoms with van der Waals surface area (Å²) in [6.07, 6.45) is -2.10. The smallest absolute Gasteiger partial charge is 0.326 e. The first-order valence-corrected chi connectivity index (χ1v) is 8.50. The Kier molecular flexibility index (Phi) is 5.51. The van der Waals surface area contributed by atoms with Crippen molar-refractivity contribution < 1.29 is 13.2 Å². The second-order valence-corrected chi connectivity index (χ2v) is 7.01. The van der Waals surface area contributed by atoms with Crippen molar-refractivity contribution in [2.75, 3.05) is 13.1 Å². The van der Waals surface area contributed by atoms with E-state index in [2.05, 4.69) is 15.9 Å². The summed E-state index contributed by atoms with van der Waals surface area (Å²) in [5, 5.41) is 1.98. The van der Waals surface area contributed by atoms with Gasteiger partial charge in [-0.05, 0) is 34.8 Å². The molecule has 2 rings (SSSR count). The van der Waals surface area contributed by atoms with Crippen LogP contribution >= 0.6 is 27.3 Å². The van der Waals surface area contributed by atoms with Crippen LogP contribution in [0.3, 0.4) is 0 Å². The third kappa shape index (κ3) is 4.09. The van der Waals surface area contributed by atoms with Crippen LogP contribution in [0.25, 0.3) is 0 Å². The highest BCUT2D eigenvalue weighted by atomic mass is 79.9. The Hall–Kier alpha value is -0.370. The fraction of sp³-hybridized carbons (Fsp3) is 0.571. The fourth-order valence-electron chi connectivity index (χ4n) is 2.56. The molecule has 0 aromatic carbocycles. The molecule has 0 aliphatic carbocycles. The first-order chi connectivity index (χ1) is 9.82. The number of hydrogen-bond donors (Lipinski definition) is 1. The Bertz CT molecular complexity index is 513. The molecule has 21 heavy (non-hydrogen) atoms. The number of hydrogen-bond acceptors (Lipinski definition) is 3. The number of thiophene rings is 1. The Morgan fingerprint density at radius 2 is 2.19 bits per heavy atom. The zero-order valence-electron chi connectivity index (χ0n) is 11.7. The predicted molar refractivity (Wildman–Crippen MR) is 83.4 cm³/mol. The van der Waals surface area contributed by atoms with Crippen LogP contribution in [0.5, 0.6) is 0 Å². The van der Waals surface area contributed by atoms with Crippen LogP contribution in [-0.2, 0) is 0 Å². The molecule has 0 bridgehead atoms. The average Bonchev–Trinajstić information content (AvgIpc) is 2.84. The predicted octanol–water partition coefficient (Wildman–Crippen LogP) is 4.48. The summed E-state index contributed by atoms with van der Waals surface area (Å²) in [6, 6.07) is 1.89. The van der Waals surface area contributed by atoms with Crippen molar-refractivity contribution in [3.8, 4) is 0 Å². The molecule has 0 fully saturated rings. The van der Waals surface area contributed by atoms with E-state index in [9.17, 15) is 13.2 Å². The van der Waals surface area contributed by atoms with Gasteiger partial charge >= 0.3 is 6.18 Å². The fourth-order valence-corrected chi connectivity index (χ4v) is 4.22. The molecule has 0 spiro atoms. The second-order valence-electron chi connectivity index (χ2n) is 5.16. The van der Waals surface area contributed by atoms with E-state index in [1.165, 1.54) is 6.08 Å². The van der Waals surface area contributed by atoms with E-state index in [0.717, 1.165) is 15.8 Å². The monoisotopic (exact) mass is 382 g/mol. The van der Waals surface area contributed by atoms with Gasteiger partial charge in [0.15, 0.2) is 0 Å². The second kappa shape index (κ2) is 6.81. The van der Waals surface area contributed by atoms with Crippen molar-refractivity contribution in [2.45, 2.75) is 38.0 Å². The molecule has 1 aromatic rings. The number of alkyl halides is 3. The molecule has 0 saturated heterocycles. The van der Waals surface area contributed by atoms with Gasteiger partial charge < -0.3 is 5.73 Å². The Labute approximate surface area is 134 Å². The molecular weight excluding hydrogens is 365 g/mol. The zero-order chi connectivity index (χ0) is 15.6. The van der Waals surface area contributed by atoms with Crippen molar-refractivity contribution in [1.82, 2.24) is 4.90 Å². The summed E-state index contributed by atoms with van der Waals surface area (Å²) in [5.41, 5.74) is 5.80. The maximum Gasteiger partial charge on any atom is 0.412 e. The molecule has 1 aromatic heterocycles. The molecule has 0 radical (unpaired) electrons. The van der Waals surface area contributed by atoms with Crippen molar-refractivity contribution in [1.29, 1.82) is 0 Å². The van der Waals surface area contributed by atoms with Gasteiger partial charge in [-0.15, -0.1) is 11.3 Å². The molecule has 2 nitrogen and oxygen atoms in total. The van der Waals surface area contributed by atoms with Gasteiger partial charge in [0.05, 0.1) is 6.04 Å². The van der Waals surface area contributed by atoms with Gasteiger partial charge in [-0.2, -0.15) is 13.2 Å². The maximum absolute atomic E-state index is 12.7. The van der Waals surface area contributed by atoms with Crippen LogP contribution < -0.4 is 5.73 Å². The highest BCUT2D eigenvalue weighted by molar-refractivity contribution is 9.10. The third-order valence-electron chi connectivity index (χ3n) is 3.75. The average molecular weight is 383 g/mol. The molecule has 1 aliphatic heterocycles. The van der Waals surface area contributed by atoms with E-state index in [-0.39, 0.29) is 18.5 Å². The topological polar surface area (TPSA) is 29.3 Å². The summed E-state index contributed by atoms with van der Waals surface area (Å²) in [4.78, 5) is 3.14. The molecule has 118 valence electrons. The minimum Gasteiger partial charge on any atom is -0.326 e. The summed E-state index contributed by atoms with van der Waals surface area (Å²) in [7, 11) is 0. The van der Waals surface area contributed by atoms with Crippen molar-refractivity contribution >= 4 is 27.3 Å². The zero-order valence-corrected chi connectivity index (χ0v) is 14.1. The van der Waals surface area contributed by atoms with Crippen LogP contribution in [0.1, 0.15) is 30.7 Å². The van der Waals surface area contributed by atoms with E-state index in [4.69, 9.17) is 5.73 Å². The van der Waals surface area contributed by atoms with Crippen LogP contribution in [-0.4, -0.2) is 30.2 Å². The lowest BCUT2D eigenvalue weighted by molar-refractivity contribution is -0.0965. The molecular formula is C14H18BrF3N2S. The molecule has 2 N–H and O–H groups in total. The largest absolute Gasteiger partial charge is 0.412 e. The lowest BCUT2D eigenvalue weighted by atomic mass is 9.99. The first-order valence-electron chi connectivity index (χ1n) is 6.82. The van der Waals surface area contributed by atoms with Gasteiger partial charge in [-0.3, -0.25) is 4.90 Å². The summed E-state index contributed by atoms with van der Waals surface area (Å²) >= 11 is 5.01. The SMILES string of the molecule is CCC(N)C(c1cc(Br)cs1)N1CC=C(C(F)(F)F)CC1. The highest BCUT2D eigenvalue weighted by Gasteiger charge is 2.37. The Morgan fingerprint density at radius 1 is 1.48 bits per heavy atom. The number of halogens is 4. The van der Waals surface area contributed by atoms with Crippen LogP contribution in [0.4, 0.5) is 13.2 Å². The highest BCUT2D eigenvalue weighted by Crippen LogP contribution is 2.36. The van der Waals surface area contributed by atoms with Crippen LogP contribution in [0.2, 0.25) is 0 Å². The van der Waals surface area contributed by atoms with E-state index < -0.39 is 11.7 Å². The minimum atomic E-state index is -4.21. The van der Waals surface area contributed by atoms with Crippen molar-refractivity contribution in [3.05, 3.63) is 32.4 Å². The van der Waals surface area contributed by atoms with E-state index in [1.807, 2.05) is 23.3 Å². The maximum atomic E-state index is 12.7. The van der Waals surface area contributed by atoms with Gasteiger partial charge in [0.2, 0.25) is 0 Å². The van der Waals surface area contributed by atoms with Crippen molar-refractivity contribution in [3.63, 3.8) is 0 Å². The Morgan fingerprint density at radius 3 is 2.62 bits per heavy atom. The molecule has 1 aliphatic rings. The summed E-state index contributed by atoms with van der Waals surface area (Å²) in [5.74, 6) is 0. The summed E-state index contributed by atoms with van der Waals surface area (Å²) < 4.78 is 39.1. The number of nitrogens with zero attached hydrogens (tertiary/aromatic N) is 1. The molecule has 2 heterocycles. The van der Waals surface area contributed by atoms with E-state index in [0.29, 0.717) is 13.1 Å². The number of nitrogens with two attached hydrogens (primary N) is 1. The van der Waals surface area contributed by atoms with Crippen LogP contribution in [0.15, 0.2) is 27.6 Å². The molecule has 0 amide bonds. The molecule has 2 atom stereocenters. The van der Waals surface area contributed by atoms with E-state index >= 15 is 0 Å². The van der Waals surface area contributed by atoms with Crippen molar-refractivity contribution in [2.24, 2.45) is 5.73 Å². The molecule has 0 saturated carbocycles. The quantitative estimate of drug-likeness (QED) is 0.777. The van der Waals surface area contributed by atoms with Crippen LogP contribution in [0, 0.1) is 0 Å². The molecule has 2 unspecified atom stereocenters. The Balaban J connectivity index is 2.19. The van der Waals surface area contributed by atoms with Gasteiger partial charge in [0.25, 0.3) is 0 Å². The lowest BCUT2D eigenvalue weighted by Gasteiger charge is -2.36. The van der Waals surface area contributed by atoms with E-state index in [1.54, 1.807) is 11.3 Å². The van der Waals surface area contributed by atoms with Gasteiger partial charge in [-0.1, -0.05) is 13.0 Å². The third-order valence-corrected chi connectivity index (χ3v) is 5.52. The van der Waals surface area contributed by atoms with Gasteiger partial charge in [0, 0.05) is 39.4 Å². The summed E-state index contributed by atoms with van der Waals surface area (Å²) in [6.45, 7) is 2.68. The molecule has 7 heteroatoms.